The second-order valence-electron chi connectivity index (χ2n) is 6.73. The molecule has 3 rings (SSSR count). The van der Waals surface area contributed by atoms with E-state index in [4.69, 9.17) is 46.4 Å². The third-order valence-electron chi connectivity index (χ3n) is 4.76. The molecule has 0 saturated carbocycles. The van der Waals surface area contributed by atoms with E-state index < -0.39 is 5.91 Å². The molecule has 1 heterocycles. The summed E-state index contributed by atoms with van der Waals surface area (Å²) in [6, 6.07) is 7.66. The predicted octanol–water partition coefficient (Wildman–Crippen LogP) is 6.57. The Bertz CT molecular complexity index is 933. The lowest BCUT2D eigenvalue weighted by Gasteiger charge is -2.34. The van der Waals surface area contributed by atoms with E-state index in [9.17, 15) is 9.59 Å². The van der Waals surface area contributed by atoms with Crippen molar-refractivity contribution in [2.24, 2.45) is 0 Å². The minimum absolute atomic E-state index is 0.105. The maximum Gasteiger partial charge on any atom is 0.257 e. The van der Waals surface area contributed by atoms with E-state index in [0.29, 0.717) is 16.6 Å². The van der Waals surface area contributed by atoms with E-state index in [0.717, 1.165) is 19.3 Å². The second-order valence-corrected chi connectivity index (χ2v) is 8.42. The number of hydrogen-bond acceptors (Lipinski definition) is 2. The largest absolute Gasteiger partial charge is 0.336 e. The van der Waals surface area contributed by atoms with E-state index in [1.54, 1.807) is 11.0 Å². The standard InChI is InChI=1S/C20H18Cl4N2O2/c1-11-4-2-3-7-26(11)20(28)15-8-13(22)10-17(24)18(15)25-19(27)14-6-5-12(21)9-16(14)23/h5-6,8-11H,2-4,7H2,1H3,(H,25,27). The minimum atomic E-state index is -0.494. The Morgan fingerprint density at radius 2 is 1.68 bits per heavy atom. The average Bonchev–Trinajstić information content (AvgIpc) is 2.63. The number of amides is 2. The number of rotatable bonds is 3. The fraction of sp³-hybridized carbons (Fsp3) is 0.300. The van der Waals surface area contributed by atoms with Crippen LogP contribution in [0, 0.1) is 0 Å². The molecule has 0 spiro atoms. The third kappa shape index (κ3) is 4.57. The Hall–Kier alpha value is -1.46. The summed E-state index contributed by atoms with van der Waals surface area (Å²) >= 11 is 24.5. The van der Waals surface area contributed by atoms with Gasteiger partial charge < -0.3 is 10.2 Å². The monoisotopic (exact) mass is 458 g/mol. The molecule has 2 aromatic rings. The van der Waals surface area contributed by atoms with E-state index in [-0.39, 0.29) is 38.8 Å². The van der Waals surface area contributed by atoms with Gasteiger partial charge in [-0.3, -0.25) is 9.59 Å². The average molecular weight is 460 g/mol. The van der Waals surface area contributed by atoms with Gasteiger partial charge in [0.05, 0.1) is 26.9 Å². The van der Waals surface area contributed by atoms with Gasteiger partial charge in [-0.15, -0.1) is 0 Å². The number of hydrogen-bond donors (Lipinski definition) is 1. The van der Waals surface area contributed by atoms with Crippen molar-refractivity contribution in [3.63, 3.8) is 0 Å². The van der Waals surface area contributed by atoms with Crippen LogP contribution in [-0.4, -0.2) is 29.3 Å². The Labute approximate surface area is 183 Å². The molecule has 1 saturated heterocycles. The number of anilines is 1. The summed E-state index contributed by atoms with van der Waals surface area (Å²) in [5.41, 5.74) is 0.691. The molecule has 8 heteroatoms. The van der Waals surface area contributed by atoms with Crippen molar-refractivity contribution in [2.45, 2.75) is 32.2 Å². The van der Waals surface area contributed by atoms with Crippen LogP contribution < -0.4 is 5.32 Å². The van der Waals surface area contributed by atoms with E-state index in [2.05, 4.69) is 5.32 Å². The number of halogens is 4. The van der Waals surface area contributed by atoms with Crippen LogP contribution in [0.4, 0.5) is 5.69 Å². The molecule has 0 radical (unpaired) electrons. The molecule has 0 aromatic heterocycles. The van der Waals surface area contributed by atoms with Gasteiger partial charge in [0.1, 0.15) is 0 Å². The number of nitrogens with one attached hydrogen (secondary N) is 1. The molecule has 1 N–H and O–H groups in total. The highest BCUT2D eigenvalue weighted by molar-refractivity contribution is 6.39. The summed E-state index contributed by atoms with van der Waals surface area (Å²) in [5.74, 6) is -0.708. The van der Waals surface area contributed by atoms with Crippen LogP contribution in [0.3, 0.4) is 0 Å². The Morgan fingerprint density at radius 3 is 2.36 bits per heavy atom. The smallest absolute Gasteiger partial charge is 0.257 e. The van der Waals surface area contributed by atoms with Gasteiger partial charge in [0.2, 0.25) is 0 Å². The van der Waals surface area contributed by atoms with Gasteiger partial charge in [0, 0.05) is 22.6 Å². The van der Waals surface area contributed by atoms with Crippen molar-refractivity contribution in [1.82, 2.24) is 4.90 Å². The van der Waals surface area contributed by atoms with Gasteiger partial charge in [-0.1, -0.05) is 46.4 Å². The summed E-state index contributed by atoms with van der Waals surface area (Å²) in [5, 5.41) is 3.83. The molecule has 1 aliphatic heterocycles. The van der Waals surface area contributed by atoms with Crippen molar-refractivity contribution >= 4 is 63.9 Å². The fourth-order valence-electron chi connectivity index (χ4n) is 3.28. The van der Waals surface area contributed by atoms with Crippen molar-refractivity contribution in [2.75, 3.05) is 11.9 Å². The van der Waals surface area contributed by atoms with Crippen molar-refractivity contribution < 1.29 is 9.59 Å². The zero-order chi connectivity index (χ0) is 20.4. The van der Waals surface area contributed by atoms with Crippen molar-refractivity contribution in [3.05, 3.63) is 61.5 Å². The van der Waals surface area contributed by atoms with Gasteiger partial charge in [-0.25, -0.2) is 0 Å². The zero-order valence-electron chi connectivity index (χ0n) is 15.1. The SMILES string of the molecule is CC1CCCCN1C(=O)c1cc(Cl)cc(Cl)c1NC(=O)c1ccc(Cl)cc1Cl. The molecular formula is C20H18Cl4N2O2. The Morgan fingerprint density at radius 1 is 0.964 bits per heavy atom. The third-order valence-corrected chi connectivity index (χ3v) is 5.83. The molecule has 28 heavy (non-hydrogen) atoms. The summed E-state index contributed by atoms with van der Waals surface area (Å²) < 4.78 is 0. The first kappa shape index (κ1) is 21.3. The number of carbonyl (C=O) groups excluding carboxylic acids is 2. The van der Waals surface area contributed by atoms with Gasteiger partial charge in [0.15, 0.2) is 0 Å². The first-order chi connectivity index (χ1) is 13.3. The van der Waals surface area contributed by atoms with Gasteiger partial charge in [-0.05, 0) is 56.5 Å². The highest BCUT2D eigenvalue weighted by atomic mass is 35.5. The number of carbonyl (C=O) groups is 2. The highest BCUT2D eigenvalue weighted by Gasteiger charge is 2.28. The predicted molar refractivity (Wildman–Crippen MR) is 115 cm³/mol. The minimum Gasteiger partial charge on any atom is -0.336 e. The lowest BCUT2D eigenvalue weighted by molar-refractivity contribution is 0.0636. The number of piperidine rings is 1. The summed E-state index contributed by atoms with van der Waals surface area (Å²) in [6.45, 7) is 2.66. The maximum atomic E-state index is 13.2. The van der Waals surface area contributed by atoms with Crippen molar-refractivity contribution in [1.29, 1.82) is 0 Å². The van der Waals surface area contributed by atoms with Crippen LogP contribution >= 0.6 is 46.4 Å². The first-order valence-electron chi connectivity index (χ1n) is 8.84. The van der Waals surface area contributed by atoms with Crippen LogP contribution in [0.2, 0.25) is 20.1 Å². The van der Waals surface area contributed by atoms with E-state index in [1.807, 2.05) is 6.92 Å². The molecule has 0 aliphatic carbocycles. The molecule has 1 unspecified atom stereocenters. The number of likely N-dealkylation sites (tertiary alicyclic amines) is 1. The molecule has 2 amide bonds. The molecule has 1 aliphatic rings. The number of nitrogens with zero attached hydrogens (tertiary/aromatic N) is 1. The Balaban J connectivity index is 1.96. The molecule has 1 atom stereocenters. The van der Waals surface area contributed by atoms with Crippen LogP contribution in [0.1, 0.15) is 46.9 Å². The first-order valence-corrected chi connectivity index (χ1v) is 10.4. The highest BCUT2D eigenvalue weighted by Crippen LogP contribution is 2.33. The lowest BCUT2D eigenvalue weighted by atomic mass is 10.0. The quantitative estimate of drug-likeness (QED) is 0.564. The molecule has 2 aromatic carbocycles. The zero-order valence-corrected chi connectivity index (χ0v) is 18.1. The van der Waals surface area contributed by atoms with E-state index in [1.165, 1.54) is 24.3 Å². The van der Waals surface area contributed by atoms with Crippen LogP contribution in [0.15, 0.2) is 30.3 Å². The summed E-state index contributed by atoms with van der Waals surface area (Å²) in [6.07, 6.45) is 2.95. The van der Waals surface area contributed by atoms with E-state index >= 15 is 0 Å². The summed E-state index contributed by atoms with van der Waals surface area (Å²) in [4.78, 5) is 27.7. The number of benzene rings is 2. The molecule has 0 bridgehead atoms. The maximum absolute atomic E-state index is 13.2. The molecular weight excluding hydrogens is 442 g/mol. The van der Waals surface area contributed by atoms with Crippen LogP contribution in [-0.2, 0) is 0 Å². The molecule has 1 fully saturated rings. The Kier molecular flexibility index (Phi) is 6.77. The normalized spacial score (nSPS) is 16.8. The second kappa shape index (κ2) is 8.91. The van der Waals surface area contributed by atoms with Crippen LogP contribution in [0.25, 0.3) is 0 Å². The van der Waals surface area contributed by atoms with Crippen LogP contribution in [0.5, 0.6) is 0 Å². The fourth-order valence-corrected chi connectivity index (χ4v) is 4.31. The lowest BCUT2D eigenvalue weighted by Crippen LogP contribution is -2.42. The van der Waals surface area contributed by atoms with Gasteiger partial charge in [-0.2, -0.15) is 0 Å². The molecule has 148 valence electrons. The summed E-state index contributed by atoms with van der Waals surface area (Å²) in [7, 11) is 0. The topological polar surface area (TPSA) is 49.4 Å². The van der Waals surface area contributed by atoms with Gasteiger partial charge in [0.25, 0.3) is 11.8 Å². The molecule has 4 nitrogen and oxygen atoms in total. The van der Waals surface area contributed by atoms with Gasteiger partial charge >= 0.3 is 0 Å². The van der Waals surface area contributed by atoms with Crippen molar-refractivity contribution in [3.8, 4) is 0 Å².